The predicted octanol–water partition coefficient (Wildman–Crippen LogP) is 1.39. The summed E-state index contributed by atoms with van der Waals surface area (Å²) in [4.78, 5) is 0. The fraction of sp³-hybridized carbons (Fsp3) is 0.273. The molecule has 0 amide bonds. The average Bonchev–Trinajstić information content (AvgIpc) is 2.30. The Kier molecular flexibility index (Phi) is 4.15. The number of hydrogen-bond donors (Lipinski definition) is 2. The number of ether oxygens (including phenoxy) is 2. The predicted molar refractivity (Wildman–Crippen MR) is 59.8 cm³/mol. The Morgan fingerprint density at radius 2 is 2.13 bits per heavy atom. The molecule has 3 N–H and O–H groups in total. The lowest BCUT2D eigenvalue weighted by atomic mass is 10.1. The average molecular weight is 208 g/mol. The highest BCUT2D eigenvalue weighted by molar-refractivity contribution is 5.43. The van der Waals surface area contributed by atoms with Gasteiger partial charge < -0.3 is 9.47 Å². The Bertz CT molecular complexity index is 339. The molecule has 82 valence electrons. The molecule has 1 aromatic rings. The van der Waals surface area contributed by atoms with Gasteiger partial charge in [0.2, 0.25) is 0 Å². The third-order valence-electron chi connectivity index (χ3n) is 2.19. The van der Waals surface area contributed by atoms with Crippen LogP contribution in [0.4, 0.5) is 0 Å². The van der Waals surface area contributed by atoms with Crippen LogP contribution in [0.5, 0.6) is 11.5 Å². The summed E-state index contributed by atoms with van der Waals surface area (Å²) in [6.45, 7) is 3.70. The second-order valence-corrected chi connectivity index (χ2v) is 2.99. The number of rotatable bonds is 5. The monoisotopic (exact) mass is 208 g/mol. The van der Waals surface area contributed by atoms with E-state index in [1.807, 2.05) is 18.2 Å². The lowest BCUT2D eigenvalue weighted by molar-refractivity contribution is 0.394. The van der Waals surface area contributed by atoms with Gasteiger partial charge in [0.05, 0.1) is 20.3 Å². The van der Waals surface area contributed by atoms with Gasteiger partial charge in [0.25, 0.3) is 0 Å². The summed E-state index contributed by atoms with van der Waals surface area (Å²) in [5.74, 6) is 6.92. The van der Waals surface area contributed by atoms with Gasteiger partial charge in [-0.1, -0.05) is 6.08 Å². The van der Waals surface area contributed by atoms with E-state index in [2.05, 4.69) is 12.0 Å². The Morgan fingerprint density at radius 3 is 2.60 bits per heavy atom. The van der Waals surface area contributed by atoms with Crippen LogP contribution in [-0.2, 0) is 0 Å². The van der Waals surface area contributed by atoms with Crippen LogP contribution in [0.1, 0.15) is 11.6 Å². The van der Waals surface area contributed by atoms with Crippen molar-refractivity contribution < 1.29 is 9.47 Å². The van der Waals surface area contributed by atoms with E-state index >= 15 is 0 Å². The first-order valence-corrected chi connectivity index (χ1v) is 4.57. The van der Waals surface area contributed by atoms with E-state index in [4.69, 9.17) is 15.3 Å². The van der Waals surface area contributed by atoms with Crippen LogP contribution in [0, 0.1) is 0 Å². The first-order chi connectivity index (χ1) is 7.26. The van der Waals surface area contributed by atoms with Crippen molar-refractivity contribution in [2.24, 2.45) is 5.84 Å². The summed E-state index contributed by atoms with van der Waals surface area (Å²) in [5, 5.41) is 0. The first-order valence-electron chi connectivity index (χ1n) is 4.57. The molecule has 4 heteroatoms. The van der Waals surface area contributed by atoms with E-state index in [0.717, 1.165) is 17.1 Å². The topological polar surface area (TPSA) is 56.5 Å². The van der Waals surface area contributed by atoms with Crippen LogP contribution >= 0.6 is 0 Å². The fourth-order valence-corrected chi connectivity index (χ4v) is 1.37. The van der Waals surface area contributed by atoms with E-state index in [0.29, 0.717) is 0 Å². The second-order valence-electron chi connectivity index (χ2n) is 2.99. The number of methoxy groups -OCH3 is 2. The van der Waals surface area contributed by atoms with Gasteiger partial charge in [-0.15, -0.1) is 6.58 Å². The molecule has 0 aliphatic rings. The van der Waals surface area contributed by atoms with E-state index in [-0.39, 0.29) is 6.04 Å². The maximum Gasteiger partial charge on any atom is 0.124 e. The summed E-state index contributed by atoms with van der Waals surface area (Å²) >= 11 is 0. The lowest BCUT2D eigenvalue weighted by Crippen LogP contribution is -2.26. The molecule has 0 aliphatic heterocycles. The van der Waals surface area contributed by atoms with E-state index < -0.39 is 0 Å². The van der Waals surface area contributed by atoms with Crippen LogP contribution in [0.15, 0.2) is 30.9 Å². The number of hydrazine groups is 1. The Balaban J connectivity index is 3.15. The van der Waals surface area contributed by atoms with Crippen molar-refractivity contribution in [3.05, 3.63) is 36.4 Å². The van der Waals surface area contributed by atoms with Gasteiger partial charge in [-0.25, -0.2) is 5.43 Å². The number of nitrogens with one attached hydrogen (secondary N) is 1. The molecule has 15 heavy (non-hydrogen) atoms. The molecule has 0 bridgehead atoms. The van der Waals surface area contributed by atoms with Gasteiger partial charge in [-0.05, 0) is 18.2 Å². The summed E-state index contributed by atoms with van der Waals surface area (Å²) in [6, 6.07) is 5.38. The Hall–Kier alpha value is -1.52. The molecule has 0 saturated carbocycles. The van der Waals surface area contributed by atoms with Gasteiger partial charge in [0, 0.05) is 5.56 Å². The van der Waals surface area contributed by atoms with Gasteiger partial charge >= 0.3 is 0 Å². The number of hydrogen-bond acceptors (Lipinski definition) is 4. The molecule has 0 radical (unpaired) electrons. The molecule has 4 nitrogen and oxygen atoms in total. The van der Waals surface area contributed by atoms with Crippen LogP contribution in [0.3, 0.4) is 0 Å². The van der Waals surface area contributed by atoms with Crippen LogP contribution in [-0.4, -0.2) is 14.2 Å². The number of benzene rings is 1. The summed E-state index contributed by atoms with van der Waals surface area (Å²) < 4.78 is 10.4. The Morgan fingerprint density at radius 1 is 1.40 bits per heavy atom. The van der Waals surface area contributed by atoms with Crippen molar-refractivity contribution in [1.29, 1.82) is 0 Å². The fourth-order valence-electron chi connectivity index (χ4n) is 1.37. The molecule has 1 unspecified atom stereocenters. The normalized spacial score (nSPS) is 11.9. The molecular weight excluding hydrogens is 192 g/mol. The van der Waals surface area contributed by atoms with Gasteiger partial charge in [-0.3, -0.25) is 5.84 Å². The van der Waals surface area contributed by atoms with E-state index in [1.165, 1.54) is 0 Å². The largest absolute Gasteiger partial charge is 0.497 e. The quantitative estimate of drug-likeness (QED) is 0.436. The SMILES string of the molecule is C=CC(NN)c1cc(OC)ccc1OC. The highest BCUT2D eigenvalue weighted by atomic mass is 16.5. The van der Waals surface area contributed by atoms with Crippen molar-refractivity contribution >= 4 is 0 Å². The molecule has 0 spiro atoms. The third kappa shape index (κ3) is 2.49. The summed E-state index contributed by atoms with van der Waals surface area (Å²) in [6.07, 6.45) is 1.71. The highest BCUT2D eigenvalue weighted by Gasteiger charge is 2.12. The molecule has 0 heterocycles. The molecular formula is C11H16N2O2. The molecule has 0 fully saturated rings. The van der Waals surface area contributed by atoms with Gasteiger partial charge in [0.1, 0.15) is 11.5 Å². The molecule has 1 aromatic carbocycles. The molecule has 0 saturated heterocycles. The van der Waals surface area contributed by atoms with Crippen molar-refractivity contribution in [1.82, 2.24) is 5.43 Å². The minimum atomic E-state index is -0.157. The minimum Gasteiger partial charge on any atom is -0.497 e. The second kappa shape index (κ2) is 5.38. The highest BCUT2D eigenvalue weighted by Crippen LogP contribution is 2.29. The van der Waals surface area contributed by atoms with Gasteiger partial charge in [-0.2, -0.15) is 0 Å². The van der Waals surface area contributed by atoms with Crippen molar-refractivity contribution in [2.45, 2.75) is 6.04 Å². The zero-order valence-corrected chi connectivity index (χ0v) is 8.99. The summed E-state index contributed by atoms with van der Waals surface area (Å²) in [7, 11) is 3.23. The maximum absolute atomic E-state index is 5.41. The first kappa shape index (κ1) is 11.6. The van der Waals surface area contributed by atoms with Crippen LogP contribution < -0.4 is 20.7 Å². The maximum atomic E-state index is 5.41. The summed E-state index contributed by atoms with van der Waals surface area (Å²) in [5.41, 5.74) is 3.54. The van der Waals surface area contributed by atoms with Crippen LogP contribution in [0.25, 0.3) is 0 Å². The van der Waals surface area contributed by atoms with E-state index in [1.54, 1.807) is 20.3 Å². The smallest absolute Gasteiger partial charge is 0.124 e. The molecule has 0 aliphatic carbocycles. The van der Waals surface area contributed by atoms with Crippen molar-refractivity contribution in [3.8, 4) is 11.5 Å². The minimum absolute atomic E-state index is 0.157. The zero-order chi connectivity index (χ0) is 11.3. The zero-order valence-electron chi connectivity index (χ0n) is 8.99. The third-order valence-corrected chi connectivity index (χ3v) is 2.19. The van der Waals surface area contributed by atoms with Crippen molar-refractivity contribution in [2.75, 3.05) is 14.2 Å². The molecule has 1 atom stereocenters. The Labute approximate surface area is 89.7 Å². The van der Waals surface area contributed by atoms with E-state index in [9.17, 15) is 0 Å². The van der Waals surface area contributed by atoms with Crippen molar-refractivity contribution in [3.63, 3.8) is 0 Å². The van der Waals surface area contributed by atoms with Gasteiger partial charge in [0.15, 0.2) is 0 Å². The molecule has 1 rings (SSSR count). The standard InChI is InChI=1S/C11H16N2O2/c1-4-10(13-12)9-7-8(14-2)5-6-11(9)15-3/h4-7,10,13H,1,12H2,2-3H3. The molecule has 0 aromatic heterocycles. The van der Waals surface area contributed by atoms with Crippen LogP contribution in [0.2, 0.25) is 0 Å². The lowest BCUT2D eigenvalue weighted by Gasteiger charge is -2.16. The number of nitrogens with two attached hydrogens (primary N) is 1.